The Balaban J connectivity index is 4.35. The predicted molar refractivity (Wildman–Crippen MR) is 72.8 cm³/mol. The van der Waals surface area contributed by atoms with Crippen LogP contribution in [0.1, 0.15) is 41.5 Å². The van der Waals surface area contributed by atoms with Crippen molar-refractivity contribution in [1.29, 1.82) is 0 Å². The fourth-order valence-electron chi connectivity index (χ4n) is 1.52. The van der Waals surface area contributed by atoms with Gasteiger partial charge in [0, 0.05) is 18.1 Å². The molecule has 4 heteroatoms. The monoisotopic (exact) mass is 243 g/mol. The van der Waals surface area contributed by atoms with Crippen molar-refractivity contribution in [2.45, 2.75) is 53.1 Å². The summed E-state index contributed by atoms with van der Waals surface area (Å²) in [6.07, 6.45) is 0. The van der Waals surface area contributed by atoms with Gasteiger partial charge in [-0.2, -0.15) is 0 Å². The summed E-state index contributed by atoms with van der Waals surface area (Å²) in [5.74, 6) is 0.533. The molecule has 0 aromatic carbocycles. The van der Waals surface area contributed by atoms with Gasteiger partial charge in [-0.3, -0.25) is 9.69 Å². The van der Waals surface area contributed by atoms with E-state index in [0.717, 1.165) is 6.54 Å². The molecule has 0 rings (SSSR count). The number of nitrogens with two attached hydrogens (primary N) is 1. The van der Waals surface area contributed by atoms with Crippen molar-refractivity contribution in [2.75, 3.05) is 19.6 Å². The van der Waals surface area contributed by atoms with Crippen LogP contribution in [0, 0.1) is 5.92 Å². The number of hydrogen-bond acceptors (Lipinski definition) is 3. The summed E-state index contributed by atoms with van der Waals surface area (Å²) in [5.41, 5.74) is 5.60. The van der Waals surface area contributed by atoms with Crippen molar-refractivity contribution >= 4 is 5.91 Å². The van der Waals surface area contributed by atoms with Crippen molar-refractivity contribution in [3.63, 3.8) is 0 Å². The molecule has 4 nitrogen and oxygen atoms in total. The molecule has 102 valence electrons. The van der Waals surface area contributed by atoms with Crippen molar-refractivity contribution in [2.24, 2.45) is 11.7 Å². The van der Waals surface area contributed by atoms with Crippen LogP contribution in [0.25, 0.3) is 0 Å². The van der Waals surface area contributed by atoms with Crippen molar-refractivity contribution in [3.05, 3.63) is 0 Å². The highest BCUT2D eigenvalue weighted by Gasteiger charge is 2.26. The summed E-state index contributed by atoms with van der Waals surface area (Å²) >= 11 is 0. The number of carbonyl (C=O) groups is 1. The van der Waals surface area contributed by atoms with Crippen LogP contribution in [-0.4, -0.2) is 42.0 Å². The first kappa shape index (κ1) is 16.4. The summed E-state index contributed by atoms with van der Waals surface area (Å²) < 4.78 is 0. The number of hydrogen-bond donors (Lipinski definition) is 2. The molecule has 0 heterocycles. The quantitative estimate of drug-likeness (QED) is 0.706. The van der Waals surface area contributed by atoms with Gasteiger partial charge in [-0.05, 0) is 33.2 Å². The van der Waals surface area contributed by atoms with E-state index in [1.54, 1.807) is 0 Å². The second kappa shape index (κ2) is 6.97. The van der Waals surface area contributed by atoms with Crippen LogP contribution in [0.5, 0.6) is 0 Å². The normalized spacial score (nSPS) is 14.2. The summed E-state index contributed by atoms with van der Waals surface area (Å²) in [4.78, 5) is 14.0. The van der Waals surface area contributed by atoms with Gasteiger partial charge in [-0.25, -0.2) is 0 Å². The average Bonchev–Trinajstić information content (AvgIpc) is 2.25. The van der Waals surface area contributed by atoms with Gasteiger partial charge in [0.2, 0.25) is 5.91 Å². The molecule has 1 unspecified atom stereocenters. The minimum atomic E-state index is -0.132. The van der Waals surface area contributed by atoms with Gasteiger partial charge in [0.1, 0.15) is 0 Å². The Morgan fingerprint density at radius 3 is 2.24 bits per heavy atom. The molecule has 0 spiro atoms. The van der Waals surface area contributed by atoms with Crippen LogP contribution < -0.4 is 11.1 Å². The fourth-order valence-corrected chi connectivity index (χ4v) is 1.52. The number of nitrogens with zero attached hydrogens (tertiary/aromatic N) is 1. The van der Waals surface area contributed by atoms with Gasteiger partial charge in [-0.15, -0.1) is 0 Å². The van der Waals surface area contributed by atoms with E-state index in [1.807, 2.05) is 6.92 Å². The van der Waals surface area contributed by atoms with Crippen LogP contribution in [0.2, 0.25) is 0 Å². The molecule has 1 atom stereocenters. The second-order valence-corrected chi connectivity index (χ2v) is 5.63. The molecule has 0 aliphatic heterocycles. The molecule has 0 fully saturated rings. The Morgan fingerprint density at radius 2 is 1.88 bits per heavy atom. The average molecular weight is 243 g/mol. The van der Waals surface area contributed by atoms with E-state index in [2.05, 4.69) is 44.8 Å². The molecule has 0 bridgehead atoms. The van der Waals surface area contributed by atoms with Gasteiger partial charge in [0.25, 0.3) is 0 Å². The molecule has 0 aliphatic carbocycles. The van der Waals surface area contributed by atoms with Gasteiger partial charge in [-0.1, -0.05) is 20.8 Å². The van der Waals surface area contributed by atoms with E-state index >= 15 is 0 Å². The van der Waals surface area contributed by atoms with Gasteiger partial charge < -0.3 is 11.1 Å². The van der Waals surface area contributed by atoms with Gasteiger partial charge in [0.05, 0.1) is 6.54 Å². The zero-order valence-corrected chi connectivity index (χ0v) is 12.2. The Kier molecular flexibility index (Phi) is 6.72. The lowest BCUT2D eigenvalue weighted by Crippen LogP contribution is -2.53. The maximum Gasteiger partial charge on any atom is 0.234 e. The van der Waals surface area contributed by atoms with Crippen molar-refractivity contribution in [3.8, 4) is 0 Å². The van der Waals surface area contributed by atoms with Gasteiger partial charge >= 0.3 is 0 Å². The van der Waals surface area contributed by atoms with Crippen LogP contribution in [-0.2, 0) is 4.79 Å². The van der Waals surface area contributed by atoms with E-state index < -0.39 is 0 Å². The number of nitrogens with one attached hydrogen (secondary N) is 1. The first-order chi connectivity index (χ1) is 7.74. The van der Waals surface area contributed by atoms with E-state index in [9.17, 15) is 4.79 Å². The lowest BCUT2D eigenvalue weighted by molar-refractivity contribution is -0.124. The van der Waals surface area contributed by atoms with Crippen LogP contribution >= 0.6 is 0 Å². The Morgan fingerprint density at radius 1 is 1.35 bits per heavy atom. The maximum atomic E-state index is 11.9. The number of carbonyl (C=O) groups excluding carboxylic acids is 1. The predicted octanol–water partition coefficient (Wildman–Crippen LogP) is 1.21. The topological polar surface area (TPSA) is 58.4 Å². The number of rotatable bonds is 7. The summed E-state index contributed by atoms with van der Waals surface area (Å²) in [7, 11) is 0. The number of amides is 1. The molecule has 17 heavy (non-hydrogen) atoms. The lowest BCUT2D eigenvalue weighted by atomic mass is 10.0. The molecule has 0 aliphatic rings. The van der Waals surface area contributed by atoms with E-state index in [0.29, 0.717) is 19.0 Å². The Hall–Kier alpha value is -0.610. The largest absolute Gasteiger partial charge is 0.352 e. The Labute approximate surface area is 106 Å². The molecular formula is C13H29N3O. The fraction of sp³-hybridized carbons (Fsp3) is 0.923. The molecule has 0 saturated heterocycles. The highest BCUT2D eigenvalue weighted by molar-refractivity contribution is 5.78. The molecule has 0 aromatic heterocycles. The third kappa shape index (κ3) is 5.50. The Bertz CT molecular complexity index is 239. The molecule has 1 amide bonds. The summed E-state index contributed by atoms with van der Waals surface area (Å²) in [6.45, 7) is 14.2. The lowest BCUT2D eigenvalue weighted by Gasteiger charge is -2.36. The SMILES string of the molecule is CCN(CC(=O)NC(C)C(C)C)C(C)(C)CN. The molecule has 3 N–H and O–H groups in total. The first-order valence-electron chi connectivity index (χ1n) is 6.49. The van der Waals surface area contributed by atoms with Crippen LogP contribution in [0.3, 0.4) is 0 Å². The zero-order chi connectivity index (χ0) is 13.6. The molecule has 0 aromatic rings. The third-order valence-corrected chi connectivity index (χ3v) is 3.46. The minimum Gasteiger partial charge on any atom is -0.352 e. The van der Waals surface area contributed by atoms with E-state index in [1.165, 1.54) is 0 Å². The minimum absolute atomic E-state index is 0.0783. The smallest absolute Gasteiger partial charge is 0.234 e. The number of likely N-dealkylation sites (N-methyl/N-ethyl adjacent to an activating group) is 1. The highest BCUT2D eigenvalue weighted by Crippen LogP contribution is 2.11. The van der Waals surface area contributed by atoms with Crippen LogP contribution in [0.15, 0.2) is 0 Å². The van der Waals surface area contributed by atoms with E-state index in [4.69, 9.17) is 5.73 Å². The first-order valence-corrected chi connectivity index (χ1v) is 6.49. The molecule has 0 radical (unpaired) electrons. The van der Waals surface area contributed by atoms with Crippen LogP contribution in [0.4, 0.5) is 0 Å². The standard InChI is InChI=1S/C13H29N3O/c1-7-16(13(5,6)9-14)8-12(17)15-11(4)10(2)3/h10-11H,7-9,14H2,1-6H3,(H,15,17). The van der Waals surface area contributed by atoms with Gasteiger partial charge in [0.15, 0.2) is 0 Å². The van der Waals surface area contributed by atoms with Crippen molar-refractivity contribution < 1.29 is 4.79 Å². The zero-order valence-electron chi connectivity index (χ0n) is 12.2. The molecule has 0 saturated carbocycles. The van der Waals surface area contributed by atoms with Crippen molar-refractivity contribution in [1.82, 2.24) is 10.2 Å². The molecular weight excluding hydrogens is 214 g/mol. The maximum absolute atomic E-state index is 11.9. The second-order valence-electron chi connectivity index (χ2n) is 5.63. The van der Waals surface area contributed by atoms with E-state index in [-0.39, 0.29) is 17.5 Å². The third-order valence-electron chi connectivity index (χ3n) is 3.46. The summed E-state index contributed by atoms with van der Waals surface area (Å²) in [5, 5.41) is 3.02. The highest BCUT2D eigenvalue weighted by atomic mass is 16.2. The summed E-state index contributed by atoms with van der Waals surface area (Å²) in [6, 6.07) is 0.210.